The monoisotopic (exact) mass is 483 g/mol. The number of aromatic nitrogens is 4. The molecule has 0 bridgehead atoms. The molecule has 0 saturated carbocycles. The van der Waals surface area contributed by atoms with Crippen molar-refractivity contribution in [1.82, 2.24) is 24.6 Å². The quantitative estimate of drug-likeness (QED) is 0.378. The smallest absolute Gasteiger partial charge is 0.253 e. The lowest BCUT2D eigenvalue weighted by atomic mass is 9.89. The Morgan fingerprint density at radius 1 is 1.06 bits per heavy atom. The third kappa shape index (κ3) is 5.05. The zero-order valence-corrected chi connectivity index (χ0v) is 20.9. The van der Waals surface area contributed by atoms with Crippen LogP contribution in [-0.2, 0) is 6.54 Å². The Hall–Kier alpha value is -3.87. The van der Waals surface area contributed by atoms with Gasteiger partial charge in [0.05, 0.1) is 17.9 Å². The summed E-state index contributed by atoms with van der Waals surface area (Å²) in [6.07, 6.45) is 3.65. The van der Waals surface area contributed by atoms with E-state index >= 15 is 0 Å². The number of carbonyl (C=O) groups is 1. The number of nitrogens with zero attached hydrogens (tertiary/aromatic N) is 5. The van der Waals surface area contributed by atoms with E-state index in [4.69, 9.17) is 4.98 Å². The molecule has 1 fully saturated rings. The second kappa shape index (κ2) is 10.0. The molecule has 1 atom stereocenters. The molecule has 1 amide bonds. The van der Waals surface area contributed by atoms with Crippen LogP contribution in [0, 0.1) is 26.6 Å². The van der Waals surface area contributed by atoms with Crippen LogP contribution in [0.4, 0.5) is 4.39 Å². The number of piperidine rings is 1. The minimum atomic E-state index is -0.274. The summed E-state index contributed by atoms with van der Waals surface area (Å²) in [5.74, 6) is 0.544. The van der Waals surface area contributed by atoms with Gasteiger partial charge in [0.1, 0.15) is 11.6 Å². The number of benzene rings is 2. The molecule has 1 aliphatic heterocycles. The highest BCUT2D eigenvalue weighted by atomic mass is 19.1. The summed E-state index contributed by atoms with van der Waals surface area (Å²) in [4.78, 5) is 24.5. The number of aryl methyl sites for hydroxylation is 3. The van der Waals surface area contributed by atoms with Gasteiger partial charge in [0.15, 0.2) is 0 Å². The van der Waals surface area contributed by atoms with Gasteiger partial charge < -0.3 is 4.90 Å². The predicted molar refractivity (Wildman–Crippen MR) is 137 cm³/mol. The molecule has 1 aliphatic rings. The SMILES string of the molecule is Cc1cc(C)n(Cc2ccc(C(=O)N3CCCC(c4nc(C)ncc4-c4ccc(F)cc4)C3)cc2)n1. The van der Waals surface area contributed by atoms with Gasteiger partial charge in [0, 0.05) is 42.0 Å². The van der Waals surface area contributed by atoms with Gasteiger partial charge in [-0.2, -0.15) is 5.10 Å². The van der Waals surface area contributed by atoms with E-state index in [-0.39, 0.29) is 17.6 Å². The first-order valence-corrected chi connectivity index (χ1v) is 12.4. The van der Waals surface area contributed by atoms with E-state index in [1.165, 1.54) is 12.1 Å². The van der Waals surface area contributed by atoms with E-state index in [2.05, 4.69) is 16.1 Å². The van der Waals surface area contributed by atoms with Gasteiger partial charge in [-0.05, 0) is 75.1 Å². The van der Waals surface area contributed by atoms with Crippen LogP contribution >= 0.6 is 0 Å². The van der Waals surface area contributed by atoms with Gasteiger partial charge in [-0.3, -0.25) is 9.48 Å². The highest BCUT2D eigenvalue weighted by Crippen LogP contribution is 2.33. The highest BCUT2D eigenvalue weighted by molar-refractivity contribution is 5.94. The van der Waals surface area contributed by atoms with Gasteiger partial charge in [-0.1, -0.05) is 24.3 Å². The summed E-state index contributed by atoms with van der Waals surface area (Å²) in [7, 11) is 0. The lowest BCUT2D eigenvalue weighted by Gasteiger charge is -2.33. The first-order chi connectivity index (χ1) is 17.4. The number of hydrogen-bond donors (Lipinski definition) is 0. The largest absolute Gasteiger partial charge is 0.338 e. The minimum Gasteiger partial charge on any atom is -0.338 e. The molecule has 0 N–H and O–H groups in total. The Balaban J connectivity index is 1.33. The standard InChI is InChI=1S/C29H30FN5O/c1-19-15-20(2)35(33-19)17-22-6-8-24(9-7-22)29(36)34-14-4-5-25(18-34)28-27(16-31-21(3)32-28)23-10-12-26(30)13-11-23/h6-13,15-16,25H,4-5,14,17-18H2,1-3H3. The van der Waals surface area contributed by atoms with Crippen LogP contribution in [0.3, 0.4) is 0 Å². The number of halogens is 1. The van der Waals surface area contributed by atoms with E-state index in [1.807, 2.05) is 60.8 Å². The van der Waals surface area contributed by atoms with Crippen LogP contribution in [0.1, 0.15) is 57.6 Å². The molecule has 184 valence electrons. The maximum Gasteiger partial charge on any atom is 0.253 e. The van der Waals surface area contributed by atoms with Crippen molar-refractivity contribution < 1.29 is 9.18 Å². The van der Waals surface area contributed by atoms with E-state index in [9.17, 15) is 9.18 Å². The molecule has 2 aromatic carbocycles. The Morgan fingerprint density at radius 2 is 1.81 bits per heavy atom. The summed E-state index contributed by atoms with van der Waals surface area (Å²) < 4.78 is 15.5. The molecular weight excluding hydrogens is 453 g/mol. The van der Waals surface area contributed by atoms with E-state index < -0.39 is 0 Å². The first kappa shape index (κ1) is 23.9. The molecule has 5 rings (SSSR count). The minimum absolute atomic E-state index is 0.0338. The molecule has 1 saturated heterocycles. The molecule has 0 radical (unpaired) electrons. The predicted octanol–water partition coefficient (Wildman–Crippen LogP) is 5.47. The third-order valence-corrected chi connectivity index (χ3v) is 6.83. The van der Waals surface area contributed by atoms with Crippen LogP contribution in [0.5, 0.6) is 0 Å². The molecule has 1 unspecified atom stereocenters. The fourth-order valence-corrected chi connectivity index (χ4v) is 4.98. The Morgan fingerprint density at radius 3 is 2.50 bits per heavy atom. The topological polar surface area (TPSA) is 63.9 Å². The molecule has 4 aromatic rings. The van der Waals surface area contributed by atoms with Gasteiger partial charge >= 0.3 is 0 Å². The maximum atomic E-state index is 13.5. The van der Waals surface area contributed by atoms with Crippen molar-refractivity contribution in [2.45, 2.75) is 46.1 Å². The maximum absolute atomic E-state index is 13.5. The van der Waals surface area contributed by atoms with Crippen molar-refractivity contribution in [3.05, 3.63) is 101 Å². The Kier molecular flexibility index (Phi) is 6.63. The summed E-state index contributed by atoms with van der Waals surface area (Å²) in [6, 6.07) is 16.3. The van der Waals surface area contributed by atoms with Crippen molar-refractivity contribution in [3.63, 3.8) is 0 Å². The third-order valence-electron chi connectivity index (χ3n) is 6.83. The lowest BCUT2D eigenvalue weighted by molar-refractivity contribution is 0.0706. The number of carbonyl (C=O) groups excluding carboxylic acids is 1. The van der Waals surface area contributed by atoms with Gasteiger partial charge in [-0.25, -0.2) is 14.4 Å². The molecule has 6 nitrogen and oxygen atoms in total. The second-order valence-corrected chi connectivity index (χ2v) is 9.60. The van der Waals surface area contributed by atoms with E-state index in [1.54, 1.807) is 12.1 Å². The molecule has 0 aliphatic carbocycles. The van der Waals surface area contributed by atoms with Gasteiger partial charge in [0.2, 0.25) is 0 Å². The van der Waals surface area contributed by atoms with Crippen molar-refractivity contribution in [2.75, 3.05) is 13.1 Å². The van der Waals surface area contributed by atoms with Crippen LogP contribution in [0.25, 0.3) is 11.1 Å². The fraction of sp³-hybridized carbons (Fsp3) is 0.310. The molecule has 7 heteroatoms. The molecule has 0 spiro atoms. The molecule has 2 aromatic heterocycles. The average molecular weight is 484 g/mol. The van der Waals surface area contributed by atoms with Crippen LogP contribution in [0.2, 0.25) is 0 Å². The molecule has 3 heterocycles. The fourth-order valence-electron chi connectivity index (χ4n) is 4.98. The lowest BCUT2D eigenvalue weighted by Crippen LogP contribution is -2.39. The number of likely N-dealkylation sites (tertiary alicyclic amines) is 1. The van der Waals surface area contributed by atoms with Gasteiger partial charge in [-0.15, -0.1) is 0 Å². The summed E-state index contributed by atoms with van der Waals surface area (Å²) in [5.41, 5.74) is 6.61. The van der Waals surface area contributed by atoms with Gasteiger partial charge in [0.25, 0.3) is 5.91 Å². The highest BCUT2D eigenvalue weighted by Gasteiger charge is 2.28. The average Bonchev–Trinajstić information content (AvgIpc) is 3.21. The van der Waals surface area contributed by atoms with Crippen LogP contribution < -0.4 is 0 Å². The van der Waals surface area contributed by atoms with E-state index in [0.29, 0.717) is 24.5 Å². The number of hydrogen-bond acceptors (Lipinski definition) is 4. The van der Waals surface area contributed by atoms with Crippen LogP contribution in [0.15, 0.2) is 60.8 Å². The summed E-state index contributed by atoms with van der Waals surface area (Å²) >= 11 is 0. The first-order valence-electron chi connectivity index (χ1n) is 12.4. The summed E-state index contributed by atoms with van der Waals surface area (Å²) in [5, 5.41) is 4.53. The normalized spacial score (nSPS) is 15.8. The van der Waals surface area contributed by atoms with Crippen molar-refractivity contribution in [2.24, 2.45) is 0 Å². The second-order valence-electron chi connectivity index (χ2n) is 9.60. The van der Waals surface area contributed by atoms with Crippen molar-refractivity contribution >= 4 is 5.91 Å². The Bertz CT molecular complexity index is 1380. The zero-order chi connectivity index (χ0) is 25.2. The Labute approximate surface area is 210 Å². The molecular formula is C29H30FN5O. The van der Waals surface area contributed by atoms with Crippen molar-refractivity contribution in [3.8, 4) is 11.1 Å². The van der Waals surface area contributed by atoms with Crippen molar-refractivity contribution in [1.29, 1.82) is 0 Å². The number of amides is 1. The van der Waals surface area contributed by atoms with Crippen LogP contribution in [-0.4, -0.2) is 43.6 Å². The zero-order valence-electron chi connectivity index (χ0n) is 20.9. The van der Waals surface area contributed by atoms with E-state index in [0.717, 1.165) is 53.2 Å². The molecule has 36 heavy (non-hydrogen) atoms. The number of rotatable bonds is 5. The summed E-state index contributed by atoms with van der Waals surface area (Å²) in [6.45, 7) is 7.90.